The zero-order valence-corrected chi connectivity index (χ0v) is 8.97. The molecule has 0 spiro atoms. The quantitative estimate of drug-likeness (QED) is 0.757. The van der Waals surface area contributed by atoms with E-state index < -0.39 is 0 Å². The molecule has 2 aromatic rings. The van der Waals surface area contributed by atoms with Crippen LogP contribution in [0, 0.1) is 0 Å². The van der Waals surface area contributed by atoms with Gasteiger partial charge in [-0.1, -0.05) is 18.2 Å². The number of anilines is 1. The molecule has 0 unspecified atom stereocenters. The van der Waals surface area contributed by atoms with Gasteiger partial charge in [-0.15, -0.1) is 0 Å². The van der Waals surface area contributed by atoms with Gasteiger partial charge in [0.1, 0.15) is 11.5 Å². The summed E-state index contributed by atoms with van der Waals surface area (Å²) in [7, 11) is 1.58. The van der Waals surface area contributed by atoms with E-state index in [1.807, 2.05) is 18.2 Å². The number of benzene rings is 2. The number of hydrogen-bond donors (Lipinski definition) is 2. The maximum Gasteiger partial charge on any atom is 0.142 e. The van der Waals surface area contributed by atoms with Gasteiger partial charge in [-0.3, -0.25) is 0 Å². The van der Waals surface area contributed by atoms with Crippen LogP contribution < -0.4 is 10.5 Å². The Labute approximate surface area is 94.1 Å². The van der Waals surface area contributed by atoms with Gasteiger partial charge in [0.05, 0.1) is 12.8 Å². The number of phenolic OH excluding ortho intramolecular Hbond substituents is 1. The van der Waals surface area contributed by atoms with Crippen LogP contribution in [0.25, 0.3) is 11.1 Å². The van der Waals surface area contributed by atoms with Gasteiger partial charge in [-0.25, -0.2) is 0 Å². The first-order valence-electron chi connectivity index (χ1n) is 4.93. The van der Waals surface area contributed by atoms with E-state index >= 15 is 0 Å². The monoisotopic (exact) mass is 215 g/mol. The smallest absolute Gasteiger partial charge is 0.142 e. The number of aromatic hydroxyl groups is 1. The molecule has 0 radical (unpaired) electrons. The zero-order valence-electron chi connectivity index (χ0n) is 8.97. The fourth-order valence-electron chi connectivity index (χ4n) is 1.58. The molecular weight excluding hydrogens is 202 g/mol. The van der Waals surface area contributed by atoms with E-state index in [-0.39, 0.29) is 5.75 Å². The average molecular weight is 215 g/mol. The molecule has 0 bridgehead atoms. The first-order chi connectivity index (χ1) is 7.70. The summed E-state index contributed by atoms with van der Waals surface area (Å²) in [5.41, 5.74) is 8.23. The molecule has 0 aliphatic carbocycles. The molecule has 2 rings (SSSR count). The van der Waals surface area contributed by atoms with Gasteiger partial charge >= 0.3 is 0 Å². The predicted molar refractivity (Wildman–Crippen MR) is 64.5 cm³/mol. The molecule has 0 saturated heterocycles. The van der Waals surface area contributed by atoms with Crippen molar-refractivity contribution in [1.82, 2.24) is 0 Å². The zero-order chi connectivity index (χ0) is 11.5. The van der Waals surface area contributed by atoms with Crippen molar-refractivity contribution in [2.45, 2.75) is 0 Å². The van der Waals surface area contributed by atoms with E-state index in [4.69, 9.17) is 10.5 Å². The number of nitrogen functional groups attached to an aromatic ring is 1. The van der Waals surface area contributed by atoms with E-state index in [0.717, 1.165) is 11.1 Å². The lowest BCUT2D eigenvalue weighted by Gasteiger charge is -2.07. The molecule has 0 heterocycles. The predicted octanol–water partition coefficient (Wildman–Crippen LogP) is 2.65. The van der Waals surface area contributed by atoms with E-state index in [1.54, 1.807) is 31.4 Å². The summed E-state index contributed by atoms with van der Waals surface area (Å²) in [6, 6.07) is 12.6. The summed E-state index contributed by atoms with van der Waals surface area (Å²) in [5.74, 6) is 0.883. The van der Waals surface area contributed by atoms with Crippen LogP contribution in [0.4, 0.5) is 5.69 Å². The third kappa shape index (κ3) is 1.93. The molecular formula is C13H13NO2. The minimum absolute atomic E-state index is 0.244. The summed E-state index contributed by atoms with van der Waals surface area (Å²) >= 11 is 0. The van der Waals surface area contributed by atoms with E-state index in [1.165, 1.54) is 0 Å². The molecule has 0 fully saturated rings. The highest BCUT2D eigenvalue weighted by Crippen LogP contribution is 2.29. The molecule has 0 aromatic heterocycles. The Morgan fingerprint density at radius 3 is 2.50 bits per heavy atom. The lowest BCUT2D eigenvalue weighted by Crippen LogP contribution is -1.92. The van der Waals surface area contributed by atoms with Crippen LogP contribution in [0.3, 0.4) is 0 Å². The molecule has 82 valence electrons. The van der Waals surface area contributed by atoms with Gasteiger partial charge in [-0.2, -0.15) is 0 Å². The second kappa shape index (κ2) is 4.14. The van der Waals surface area contributed by atoms with Gasteiger partial charge in [-0.05, 0) is 35.4 Å². The van der Waals surface area contributed by atoms with Gasteiger partial charge in [0.2, 0.25) is 0 Å². The number of nitrogens with two attached hydrogens (primary N) is 1. The van der Waals surface area contributed by atoms with E-state index in [0.29, 0.717) is 11.4 Å². The fourth-order valence-corrected chi connectivity index (χ4v) is 1.58. The Hall–Kier alpha value is -2.16. The standard InChI is InChI=1S/C13H13NO2/c1-16-13-8-10(5-6-12(13)14)9-3-2-4-11(15)7-9/h2-8,15H,14H2,1H3. The maximum absolute atomic E-state index is 9.40. The molecule has 0 saturated carbocycles. The number of ether oxygens (including phenoxy) is 1. The molecule has 3 N–H and O–H groups in total. The Morgan fingerprint density at radius 1 is 1.06 bits per heavy atom. The molecule has 0 aliphatic rings. The molecule has 0 aliphatic heterocycles. The van der Waals surface area contributed by atoms with Crippen molar-refractivity contribution >= 4 is 5.69 Å². The highest BCUT2D eigenvalue weighted by molar-refractivity contribution is 5.70. The number of methoxy groups -OCH3 is 1. The van der Waals surface area contributed by atoms with Crippen molar-refractivity contribution in [1.29, 1.82) is 0 Å². The van der Waals surface area contributed by atoms with E-state index in [2.05, 4.69) is 0 Å². The number of phenols is 1. The van der Waals surface area contributed by atoms with Gasteiger partial charge in [0, 0.05) is 0 Å². The summed E-state index contributed by atoms with van der Waals surface area (Å²) < 4.78 is 5.15. The Bertz CT molecular complexity index is 509. The lowest BCUT2D eigenvalue weighted by atomic mass is 10.0. The Balaban J connectivity index is 2.48. The molecule has 16 heavy (non-hydrogen) atoms. The highest BCUT2D eigenvalue weighted by Gasteiger charge is 2.03. The summed E-state index contributed by atoms with van der Waals surface area (Å²) in [5, 5.41) is 9.40. The Morgan fingerprint density at radius 2 is 1.81 bits per heavy atom. The summed E-state index contributed by atoms with van der Waals surface area (Å²) in [6.07, 6.45) is 0. The van der Waals surface area contributed by atoms with Crippen LogP contribution in [0.15, 0.2) is 42.5 Å². The molecule has 3 nitrogen and oxygen atoms in total. The minimum atomic E-state index is 0.244. The van der Waals surface area contributed by atoms with Crippen molar-refractivity contribution in [3.63, 3.8) is 0 Å². The third-order valence-corrected chi connectivity index (χ3v) is 2.41. The maximum atomic E-state index is 9.40. The fraction of sp³-hybridized carbons (Fsp3) is 0.0769. The second-order valence-corrected chi connectivity index (χ2v) is 3.51. The number of rotatable bonds is 2. The van der Waals surface area contributed by atoms with Crippen molar-refractivity contribution in [3.8, 4) is 22.6 Å². The van der Waals surface area contributed by atoms with Crippen LogP contribution >= 0.6 is 0 Å². The molecule has 0 amide bonds. The van der Waals surface area contributed by atoms with Gasteiger partial charge in [0.25, 0.3) is 0 Å². The molecule has 0 atom stereocenters. The lowest BCUT2D eigenvalue weighted by molar-refractivity contribution is 0.417. The van der Waals surface area contributed by atoms with Crippen LogP contribution in [0.5, 0.6) is 11.5 Å². The highest BCUT2D eigenvalue weighted by atomic mass is 16.5. The first kappa shape index (κ1) is 10.4. The van der Waals surface area contributed by atoms with Crippen LogP contribution in [0.1, 0.15) is 0 Å². The largest absolute Gasteiger partial charge is 0.508 e. The van der Waals surface area contributed by atoms with Crippen molar-refractivity contribution in [2.24, 2.45) is 0 Å². The van der Waals surface area contributed by atoms with Crippen molar-refractivity contribution in [3.05, 3.63) is 42.5 Å². The normalized spacial score (nSPS) is 10.1. The van der Waals surface area contributed by atoms with Crippen LogP contribution in [-0.4, -0.2) is 12.2 Å². The van der Waals surface area contributed by atoms with Gasteiger partial charge in [0.15, 0.2) is 0 Å². The first-order valence-corrected chi connectivity index (χ1v) is 4.93. The number of hydrogen-bond acceptors (Lipinski definition) is 3. The second-order valence-electron chi connectivity index (χ2n) is 3.51. The minimum Gasteiger partial charge on any atom is -0.508 e. The third-order valence-electron chi connectivity index (χ3n) is 2.41. The van der Waals surface area contributed by atoms with E-state index in [9.17, 15) is 5.11 Å². The van der Waals surface area contributed by atoms with Crippen LogP contribution in [-0.2, 0) is 0 Å². The van der Waals surface area contributed by atoms with Crippen molar-refractivity contribution < 1.29 is 9.84 Å². The van der Waals surface area contributed by atoms with Crippen LogP contribution in [0.2, 0.25) is 0 Å². The SMILES string of the molecule is COc1cc(-c2cccc(O)c2)ccc1N. The Kier molecular flexibility index (Phi) is 2.68. The summed E-state index contributed by atoms with van der Waals surface area (Å²) in [6.45, 7) is 0. The van der Waals surface area contributed by atoms with Gasteiger partial charge < -0.3 is 15.6 Å². The summed E-state index contributed by atoms with van der Waals surface area (Å²) in [4.78, 5) is 0. The topological polar surface area (TPSA) is 55.5 Å². The average Bonchev–Trinajstić information content (AvgIpc) is 2.29. The van der Waals surface area contributed by atoms with Crippen molar-refractivity contribution in [2.75, 3.05) is 12.8 Å². The molecule has 2 aromatic carbocycles. The molecule has 3 heteroatoms.